The molecule has 0 bridgehead atoms. The molecule has 0 atom stereocenters. The molecular formula is C28H31F2N3O4. The number of aromatic nitrogens is 1. The van der Waals surface area contributed by atoms with Gasteiger partial charge in [-0.1, -0.05) is 30.3 Å². The fourth-order valence-electron chi connectivity index (χ4n) is 4.34. The average molecular weight is 512 g/mol. The summed E-state index contributed by atoms with van der Waals surface area (Å²) in [5, 5.41) is 14.8. The van der Waals surface area contributed by atoms with E-state index in [0.29, 0.717) is 0 Å². The predicted octanol–water partition coefficient (Wildman–Crippen LogP) is 4.56. The van der Waals surface area contributed by atoms with Gasteiger partial charge < -0.3 is 15.1 Å². The van der Waals surface area contributed by atoms with Crippen molar-refractivity contribution < 1.29 is 28.6 Å². The van der Waals surface area contributed by atoms with Crippen molar-refractivity contribution in [2.75, 3.05) is 37.6 Å². The van der Waals surface area contributed by atoms with Crippen molar-refractivity contribution in [2.45, 2.75) is 25.7 Å². The van der Waals surface area contributed by atoms with Crippen LogP contribution in [0.15, 0.2) is 66.7 Å². The first kappa shape index (κ1) is 27.7. The molecule has 2 heterocycles. The molecule has 1 aliphatic rings. The number of benzene rings is 2. The summed E-state index contributed by atoms with van der Waals surface area (Å²) in [4.78, 5) is 27.7. The highest BCUT2D eigenvalue weighted by Crippen LogP contribution is 2.30. The molecule has 7 nitrogen and oxygen atoms in total. The Morgan fingerprint density at radius 3 is 1.81 bits per heavy atom. The number of hydrogen-bond acceptors (Lipinski definition) is 5. The molecule has 4 rings (SSSR count). The van der Waals surface area contributed by atoms with Gasteiger partial charge in [-0.05, 0) is 73.8 Å². The topological polar surface area (TPSA) is 94.0 Å². The fourth-order valence-corrected chi connectivity index (χ4v) is 4.34. The number of rotatable bonds is 7. The van der Waals surface area contributed by atoms with Crippen LogP contribution in [-0.2, 0) is 9.59 Å². The van der Waals surface area contributed by atoms with E-state index >= 15 is 0 Å². The number of aryl methyl sites for hydroxylation is 1. The molecule has 1 fully saturated rings. The minimum absolute atomic E-state index is 0.138. The van der Waals surface area contributed by atoms with Crippen LogP contribution < -0.4 is 4.90 Å². The number of carboxylic acids is 2. The first-order chi connectivity index (χ1) is 17.7. The van der Waals surface area contributed by atoms with Crippen LogP contribution in [0.25, 0.3) is 0 Å². The SMILES string of the molecule is Cc1cccc(N2CCN(CCCC(c3ccc(F)cc3)c3ccc(F)cc3)CC2)n1.O=C(O)C(=O)O. The molecule has 37 heavy (non-hydrogen) atoms. The van der Waals surface area contributed by atoms with E-state index in [-0.39, 0.29) is 17.6 Å². The third kappa shape index (κ3) is 8.64. The van der Waals surface area contributed by atoms with Crippen LogP contribution in [0.2, 0.25) is 0 Å². The van der Waals surface area contributed by atoms with E-state index < -0.39 is 11.9 Å². The van der Waals surface area contributed by atoms with Crippen LogP contribution in [0.4, 0.5) is 14.6 Å². The lowest BCUT2D eigenvalue weighted by Crippen LogP contribution is -2.47. The molecule has 0 aliphatic carbocycles. The maximum atomic E-state index is 13.4. The Morgan fingerprint density at radius 2 is 1.35 bits per heavy atom. The summed E-state index contributed by atoms with van der Waals surface area (Å²) in [6.45, 7) is 7.05. The Hall–Kier alpha value is -3.85. The summed E-state index contributed by atoms with van der Waals surface area (Å²) in [5.41, 5.74) is 3.19. The monoisotopic (exact) mass is 511 g/mol. The molecule has 2 aromatic carbocycles. The van der Waals surface area contributed by atoms with Crippen molar-refractivity contribution >= 4 is 17.8 Å². The number of aliphatic carboxylic acids is 2. The van der Waals surface area contributed by atoms with Gasteiger partial charge in [0.25, 0.3) is 0 Å². The van der Waals surface area contributed by atoms with E-state index in [0.717, 1.165) is 68.2 Å². The molecular weight excluding hydrogens is 480 g/mol. The number of pyridine rings is 1. The van der Waals surface area contributed by atoms with Gasteiger partial charge in [0.15, 0.2) is 0 Å². The highest BCUT2D eigenvalue weighted by molar-refractivity contribution is 6.27. The smallest absolute Gasteiger partial charge is 0.414 e. The minimum Gasteiger partial charge on any atom is -0.473 e. The highest BCUT2D eigenvalue weighted by atomic mass is 19.1. The first-order valence-electron chi connectivity index (χ1n) is 12.1. The van der Waals surface area contributed by atoms with Crippen LogP contribution >= 0.6 is 0 Å². The molecule has 1 saturated heterocycles. The Balaban J connectivity index is 0.000000568. The van der Waals surface area contributed by atoms with Crippen LogP contribution in [0.5, 0.6) is 0 Å². The molecule has 1 aliphatic heterocycles. The van der Waals surface area contributed by atoms with Gasteiger partial charge in [0.2, 0.25) is 0 Å². The summed E-state index contributed by atoms with van der Waals surface area (Å²) >= 11 is 0. The van der Waals surface area contributed by atoms with Crippen molar-refractivity contribution in [3.8, 4) is 0 Å². The van der Waals surface area contributed by atoms with Crippen LogP contribution in [-0.4, -0.2) is 64.8 Å². The maximum Gasteiger partial charge on any atom is 0.414 e. The Bertz CT molecular complexity index is 1110. The van der Waals surface area contributed by atoms with Gasteiger partial charge in [0.1, 0.15) is 17.5 Å². The summed E-state index contributed by atoms with van der Waals surface area (Å²) in [5.74, 6) is -2.92. The highest BCUT2D eigenvalue weighted by Gasteiger charge is 2.19. The lowest BCUT2D eigenvalue weighted by Gasteiger charge is -2.35. The van der Waals surface area contributed by atoms with Crippen molar-refractivity contribution in [1.82, 2.24) is 9.88 Å². The second-order valence-electron chi connectivity index (χ2n) is 8.87. The third-order valence-electron chi connectivity index (χ3n) is 6.26. The van der Waals surface area contributed by atoms with E-state index in [9.17, 15) is 8.78 Å². The molecule has 0 saturated carbocycles. The molecule has 3 aromatic rings. The lowest BCUT2D eigenvalue weighted by molar-refractivity contribution is -0.159. The van der Waals surface area contributed by atoms with Crippen LogP contribution in [0.1, 0.15) is 35.6 Å². The molecule has 9 heteroatoms. The summed E-state index contributed by atoms with van der Waals surface area (Å²) in [6.07, 6.45) is 1.97. The van der Waals surface area contributed by atoms with Crippen molar-refractivity contribution in [3.63, 3.8) is 0 Å². The number of carbonyl (C=O) groups is 2. The molecule has 1 aromatic heterocycles. The summed E-state index contributed by atoms with van der Waals surface area (Å²) < 4.78 is 26.8. The number of piperazine rings is 1. The van der Waals surface area contributed by atoms with Crippen molar-refractivity contribution in [3.05, 3.63) is 95.2 Å². The van der Waals surface area contributed by atoms with Gasteiger partial charge in [-0.3, -0.25) is 4.90 Å². The van der Waals surface area contributed by atoms with Gasteiger partial charge in [0, 0.05) is 37.8 Å². The molecule has 0 unspecified atom stereocenters. The van der Waals surface area contributed by atoms with Gasteiger partial charge in [-0.25, -0.2) is 23.4 Å². The van der Waals surface area contributed by atoms with Gasteiger partial charge in [-0.2, -0.15) is 0 Å². The quantitative estimate of drug-likeness (QED) is 0.449. The Labute approximate surface area is 215 Å². The third-order valence-corrected chi connectivity index (χ3v) is 6.26. The normalized spacial score (nSPS) is 13.7. The first-order valence-corrected chi connectivity index (χ1v) is 12.1. The zero-order chi connectivity index (χ0) is 26.8. The van der Waals surface area contributed by atoms with E-state index in [4.69, 9.17) is 19.8 Å². The van der Waals surface area contributed by atoms with E-state index in [1.165, 1.54) is 24.3 Å². The van der Waals surface area contributed by atoms with Crippen LogP contribution in [0, 0.1) is 18.6 Å². The molecule has 0 radical (unpaired) electrons. The van der Waals surface area contributed by atoms with E-state index in [1.54, 1.807) is 0 Å². The number of halogens is 2. The summed E-state index contributed by atoms with van der Waals surface area (Å²) in [7, 11) is 0. The largest absolute Gasteiger partial charge is 0.473 e. The van der Waals surface area contributed by atoms with Crippen molar-refractivity contribution in [1.29, 1.82) is 0 Å². The van der Waals surface area contributed by atoms with Crippen molar-refractivity contribution in [2.24, 2.45) is 0 Å². The zero-order valence-electron chi connectivity index (χ0n) is 20.7. The standard InChI is InChI=1S/C26H29F2N3.C2H2O4/c1-20-4-2-6-26(29-20)31-18-16-30(17-19-31)15-3-5-25(21-7-11-23(27)12-8-21)22-9-13-24(28)14-10-22;3-1(4)2(5)6/h2,4,6-14,25H,3,5,15-19H2,1H3;(H,3,4)(H,5,6). The average Bonchev–Trinajstić information content (AvgIpc) is 2.89. The number of hydrogen-bond donors (Lipinski definition) is 2. The molecule has 0 spiro atoms. The Morgan fingerprint density at radius 1 is 0.838 bits per heavy atom. The van der Waals surface area contributed by atoms with E-state index in [2.05, 4.69) is 26.9 Å². The van der Waals surface area contributed by atoms with Gasteiger partial charge in [-0.15, -0.1) is 0 Å². The maximum absolute atomic E-state index is 13.4. The van der Waals surface area contributed by atoms with Crippen LogP contribution in [0.3, 0.4) is 0 Å². The lowest BCUT2D eigenvalue weighted by atomic mass is 9.87. The zero-order valence-corrected chi connectivity index (χ0v) is 20.7. The number of carboxylic acid groups (broad SMARTS) is 2. The summed E-state index contributed by atoms with van der Waals surface area (Å²) in [6, 6.07) is 19.6. The second kappa shape index (κ2) is 13.5. The number of anilines is 1. The minimum atomic E-state index is -1.82. The molecule has 0 amide bonds. The van der Waals surface area contributed by atoms with E-state index in [1.807, 2.05) is 37.3 Å². The van der Waals surface area contributed by atoms with Gasteiger partial charge >= 0.3 is 11.9 Å². The Kier molecular flexibility index (Phi) is 10.1. The second-order valence-corrected chi connectivity index (χ2v) is 8.87. The van der Waals surface area contributed by atoms with Gasteiger partial charge in [0.05, 0.1) is 0 Å². The molecule has 196 valence electrons. The number of nitrogens with zero attached hydrogens (tertiary/aromatic N) is 3. The molecule has 2 N–H and O–H groups in total. The fraction of sp³-hybridized carbons (Fsp3) is 0.321. The predicted molar refractivity (Wildman–Crippen MR) is 137 cm³/mol.